The topological polar surface area (TPSA) is 106 Å². The lowest BCUT2D eigenvalue weighted by Crippen LogP contribution is -2.55. The number of likely N-dealkylation sites (tertiary alicyclic amines) is 2. The number of imide groups is 1. The molecular weight excluding hydrogens is 542 g/mol. The minimum Gasteiger partial charge on any atom is -0.488 e. The fourth-order valence-corrected chi connectivity index (χ4v) is 6.20. The van der Waals surface area contributed by atoms with Gasteiger partial charge in [0.15, 0.2) is 0 Å². The summed E-state index contributed by atoms with van der Waals surface area (Å²) < 4.78 is 17.6. The monoisotopic (exact) mass is 587 g/mol. The van der Waals surface area contributed by atoms with E-state index in [1.165, 1.54) is 0 Å². The van der Waals surface area contributed by atoms with Crippen LogP contribution >= 0.6 is 0 Å². The molecule has 0 aromatic heterocycles. The van der Waals surface area contributed by atoms with Crippen LogP contribution in [0.4, 0.5) is 4.79 Å². The molecule has 11 heteroatoms. The Morgan fingerprint density at radius 3 is 2.51 bits per heavy atom. The van der Waals surface area contributed by atoms with Crippen LogP contribution in [-0.2, 0) is 25.6 Å². The highest BCUT2D eigenvalue weighted by molar-refractivity contribution is 6.76. The van der Waals surface area contributed by atoms with E-state index in [9.17, 15) is 19.2 Å². The van der Waals surface area contributed by atoms with Crippen LogP contribution < -0.4 is 4.74 Å². The predicted octanol–water partition coefficient (Wildman–Crippen LogP) is 4.64. The summed E-state index contributed by atoms with van der Waals surface area (Å²) in [5.41, 5.74) is 0.739. The van der Waals surface area contributed by atoms with Crippen LogP contribution in [0, 0.1) is 0 Å². The maximum Gasteiger partial charge on any atom is 0.410 e. The van der Waals surface area contributed by atoms with Gasteiger partial charge in [0.25, 0.3) is 11.8 Å². The summed E-state index contributed by atoms with van der Waals surface area (Å²) in [6.07, 6.45) is 1.51. The van der Waals surface area contributed by atoms with E-state index >= 15 is 0 Å². The number of carbonyl (C=O) groups is 4. The molecular formula is C30H45N3O7Si. The highest BCUT2D eigenvalue weighted by Crippen LogP contribution is 2.33. The third-order valence-corrected chi connectivity index (χ3v) is 9.52. The molecule has 0 saturated carbocycles. The Bertz CT molecular complexity index is 1180. The number of hydrogen-bond donors (Lipinski definition) is 0. The smallest absolute Gasteiger partial charge is 0.410 e. The van der Waals surface area contributed by atoms with Crippen molar-refractivity contribution >= 4 is 31.9 Å². The van der Waals surface area contributed by atoms with E-state index in [2.05, 4.69) is 19.6 Å². The van der Waals surface area contributed by atoms with Crippen LogP contribution in [0.3, 0.4) is 0 Å². The number of carbonyl (C=O) groups excluding carboxylic acids is 4. The summed E-state index contributed by atoms with van der Waals surface area (Å²) in [7, 11) is -1.30. The van der Waals surface area contributed by atoms with E-state index in [4.69, 9.17) is 14.2 Å². The first-order valence-corrected chi connectivity index (χ1v) is 18.4. The number of amides is 4. The van der Waals surface area contributed by atoms with Gasteiger partial charge >= 0.3 is 6.09 Å². The van der Waals surface area contributed by atoms with Crippen LogP contribution in [0.1, 0.15) is 69.3 Å². The van der Waals surface area contributed by atoms with E-state index < -0.39 is 19.7 Å². The van der Waals surface area contributed by atoms with Gasteiger partial charge < -0.3 is 24.0 Å². The maximum absolute atomic E-state index is 13.3. The minimum absolute atomic E-state index is 0.0779. The summed E-state index contributed by atoms with van der Waals surface area (Å²) in [6, 6.07) is 5.41. The first-order chi connectivity index (χ1) is 19.1. The molecule has 0 bridgehead atoms. The predicted molar refractivity (Wildman–Crippen MR) is 156 cm³/mol. The molecule has 41 heavy (non-hydrogen) atoms. The summed E-state index contributed by atoms with van der Waals surface area (Å²) in [4.78, 5) is 56.3. The molecule has 1 aromatic carbocycles. The fourth-order valence-electron chi connectivity index (χ4n) is 5.44. The number of rotatable bonds is 8. The van der Waals surface area contributed by atoms with Crippen molar-refractivity contribution in [2.75, 3.05) is 19.9 Å². The molecule has 3 atom stereocenters. The lowest BCUT2D eigenvalue weighted by molar-refractivity contribution is -0.158. The van der Waals surface area contributed by atoms with Crippen LogP contribution in [-0.4, -0.2) is 90.3 Å². The molecule has 4 amide bonds. The molecule has 3 aliphatic heterocycles. The minimum atomic E-state index is -1.30. The number of ether oxygens (including phenoxy) is 3. The van der Waals surface area contributed by atoms with Gasteiger partial charge in [0.1, 0.15) is 30.2 Å². The van der Waals surface area contributed by atoms with Gasteiger partial charge in [0.05, 0.1) is 6.04 Å². The Labute approximate surface area is 244 Å². The SMILES string of the molecule is C[C@H]1[C@@H](Oc2ccc3c(c2)CN(C2CCC(=O)N(COCC[Si](C)(C)C)C2=O)C3=O)CCCN1C(=O)OC(C)(C)C. The van der Waals surface area contributed by atoms with E-state index in [1.807, 2.05) is 33.8 Å². The molecule has 2 saturated heterocycles. The van der Waals surface area contributed by atoms with Gasteiger partial charge in [-0.3, -0.25) is 19.3 Å². The molecule has 3 heterocycles. The second-order valence-corrected chi connectivity index (χ2v) is 19.1. The van der Waals surface area contributed by atoms with Crippen molar-refractivity contribution in [1.29, 1.82) is 0 Å². The number of piperidine rings is 2. The zero-order chi connectivity index (χ0) is 30.1. The van der Waals surface area contributed by atoms with Gasteiger partial charge in [-0.05, 0) is 76.8 Å². The van der Waals surface area contributed by atoms with Crippen molar-refractivity contribution in [3.8, 4) is 5.75 Å². The third kappa shape index (κ3) is 7.48. The molecule has 0 spiro atoms. The highest BCUT2D eigenvalue weighted by Gasteiger charge is 2.43. The average Bonchev–Trinajstić information content (AvgIpc) is 3.18. The van der Waals surface area contributed by atoms with Gasteiger partial charge in [0, 0.05) is 39.8 Å². The zero-order valence-electron chi connectivity index (χ0n) is 25.5. The van der Waals surface area contributed by atoms with Crippen molar-refractivity contribution in [3.63, 3.8) is 0 Å². The Morgan fingerprint density at radius 1 is 1.10 bits per heavy atom. The molecule has 1 aromatic rings. The number of benzene rings is 1. The van der Waals surface area contributed by atoms with Crippen LogP contribution in [0.25, 0.3) is 0 Å². The van der Waals surface area contributed by atoms with Crippen LogP contribution in [0.15, 0.2) is 18.2 Å². The van der Waals surface area contributed by atoms with Gasteiger partial charge in [-0.1, -0.05) is 19.6 Å². The van der Waals surface area contributed by atoms with Gasteiger partial charge in [-0.15, -0.1) is 0 Å². The fraction of sp³-hybridized carbons (Fsp3) is 0.667. The maximum atomic E-state index is 13.3. The summed E-state index contributed by atoms with van der Waals surface area (Å²) >= 11 is 0. The first kappa shape index (κ1) is 31.0. The van der Waals surface area contributed by atoms with Gasteiger partial charge in [-0.2, -0.15) is 0 Å². The second-order valence-electron chi connectivity index (χ2n) is 13.5. The molecule has 4 rings (SSSR count). The largest absolute Gasteiger partial charge is 0.488 e. The second kappa shape index (κ2) is 12.1. The standard InChI is InChI=1S/C30H45N3O7Si/c1-20-25(9-8-14-31(20)29(37)40-30(2,3)4)39-22-10-11-23-21(17-22)18-32(27(23)35)24-12-13-26(34)33(28(24)36)19-38-15-16-41(5,6)7/h10-11,17,20,24-25H,8-9,12-16,18-19H2,1-7H3/t20-,24?,25-/m0/s1. The molecule has 0 aliphatic carbocycles. The van der Waals surface area contributed by atoms with Crippen molar-refractivity contribution in [2.45, 2.75) is 109 Å². The van der Waals surface area contributed by atoms with E-state index in [0.29, 0.717) is 30.9 Å². The normalized spacial score (nSPS) is 23.6. The number of hydrogen-bond acceptors (Lipinski definition) is 7. The van der Waals surface area contributed by atoms with Crippen molar-refractivity contribution in [1.82, 2.24) is 14.7 Å². The summed E-state index contributed by atoms with van der Waals surface area (Å²) in [5, 5.41) is 0. The van der Waals surface area contributed by atoms with Crippen LogP contribution in [0.2, 0.25) is 25.7 Å². The van der Waals surface area contributed by atoms with Crippen molar-refractivity contribution in [2.24, 2.45) is 0 Å². The molecule has 2 fully saturated rings. The Morgan fingerprint density at radius 2 is 1.83 bits per heavy atom. The summed E-state index contributed by atoms with van der Waals surface area (Å²) in [6.45, 7) is 15.5. The lowest BCUT2D eigenvalue weighted by Gasteiger charge is -2.39. The Kier molecular flexibility index (Phi) is 9.18. The zero-order valence-corrected chi connectivity index (χ0v) is 26.5. The van der Waals surface area contributed by atoms with E-state index in [0.717, 1.165) is 29.3 Å². The Balaban J connectivity index is 1.39. The molecule has 0 N–H and O–H groups in total. The Hall–Kier alpha value is -2.92. The number of fused-ring (bicyclic) bond motifs is 1. The van der Waals surface area contributed by atoms with Crippen LogP contribution in [0.5, 0.6) is 5.75 Å². The van der Waals surface area contributed by atoms with Crippen molar-refractivity contribution in [3.05, 3.63) is 29.3 Å². The van der Waals surface area contributed by atoms with Gasteiger partial charge in [0.2, 0.25) is 5.91 Å². The van der Waals surface area contributed by atoms with E-state index in [-0.39, 0.29) is 55.7 Å². The lowest BCUT2D eigenvalue weighted by atomic mass is 10.0. The molecule has 226 valence electrons. The van der Waals surface area contributed by atoms with Crippen molar-refractivity contribution < 1.29 is 33.4 Å². The molecule has 3 aliphatic rings. The first-order valence-electron chi connectivity index (χ1n) is 14.7. The number of nitrogens with zero attached hydrogens (tertiary/aromatic N) is 3. The molecule has 10 nitrogen and oxygen atoms in total. The average molecular weight is 588 g/mol. The highest BCUT2D eigenvalue weighted by atomic mass is 28.3. The third-order valence-electron chi connectivity index (χ3n) is 7.82. The quantitative estimate of drug-likeness (QED) is 0.248. The molecule has 1 unspecified atom stereocenters. The molecule has 0 radical (unpaired) electrons. The summed E-state index contributed by atoms with van der Waals surface area (Å²) in [5.74, 6) is -0.254. The van der Waals surface area contributed by atoms with E-state index in [1.54, 1.807) is 21.9 Å². The van der Waals surface area contributed by atoms with Gasteiger partial charge in [-0.25, -0.2) is 4.79 Å².